The summed E-state index contributed by atoms with van der Waals surface area (Å²) in [6, 6.07) is 0. The first kappa shape index (κ1) is 15.4. The number of ether oxygens (including phenoxy) is 3. The second kappa shape index (κ2) is 10.9. The first-order valence-corrected chi connectivity index (χ1v) is 5.34. The smallest absolute Gasteiger partial charge is 0.330 e. The number of carbonyl (C=O) groups is 2. The molecule has 0 aliphatic carbocycles. The third-order valence-corrected chi connectivity index (χ3v) is 1.66. The Kier molecular flexibility index (Phi) is 9.85. The molecule has 0 aliphatic heterocycles. The van der Waals surface area contributed by atoms with Crippen molar-refractivity contribution in [2.75, 3.05) is 26.4 Å². The lowest BCUT2D eigenvalue weighted by atomic mass is 10.3. The number of rotatable bonds is 10. The topological polar surface area (TPSA) is 61.8 Å². The molecule has 0 unspecified atom stereocenters. The SMILES string of the molecule is C=CCOCCOC(=O)CCCOC(=O)C=C. The van der Waals surface area contributed by atoms with Gasteiger partial charge in [-0.05, 0) is 6.42 Å². The predicted molar refractivity (Wildman–Crippen MR) is 62.4 cm³/mol. The zero-order valence-corrected chi connectivity index (χ0v) is 9.85. The number of hydrogen-bond acceptors (Lipinski definition) is 5. The molecule has 0 rings (SSSR count). The van der Waals surface area contributed by atoms with Crippen molar-refractivity contribution >= 4 is 11.9 Å². The normalized spacial score (nSPS) is 9.41. The molecule has 17 heavy (non-hydrogen) atoms. The molecule has 0 aliphatic rings. The van der Waals surface area contributed by atoms with Crippen LogP contribution in [0.15, 0.2) is 25.3 Å². The van der Waals surface area contributed by atoms with E-state index in [1.807, 2.05) is 0 Å². The van der Waals surface area contributed by atoms with Gasteiger partial charge in [-0.3, -0.25) is 4.79 Å². The lowest BCUT2D eigenvalue weighted by Crippen LogP contribution is -2.11. The van der Waals surface area contributed by atoms with E-state index in [2.05, 4.69) is 13.2 Å². The molecule has 0 atom stereocenters. The average Bonchev–Trinajstić information content (AvgIpc) is 2.34. The van der Waals surface area contributed by atoms with Crippen LogP contribution in [0.25, 0.3) is 0 Å². The number of hydrogen-bond donors (Lipinski definition) is 0. The summed E-state index contributed by atoms with van der Waals surface area (Å²) in [4.78, 5) is 21.8. The van der Waals surface area contributed by atoms with E-state index in [0.717, 1.165) is 6.08 Å². The first-order valence-electron chi connectivity index (χ1n) is 5.34. The van der Waals surface area contributed by atoms with Crippen LogP contribution < -0.4 is 0 Å². The van der Waals surface area contributed by atoms with E-state index in [0.29, 0.717) is 19.6 Å². The third-order valence-electron chi connectivity index (χ3n) is 1.66. The van der Waals surface area contributed by atoms with E-state index >= 15 is 0 Å². The Morgan fingerprint density at radius 1 is 1.06 bits per heavy atom. The van der Waals surface area contributed by atoms with Gasteiger partial charge in [0.2, 0.25) is 0 Å². The molecule has 0 aromatic heterocycles. The molecule has 0 spiro atoms. The zero-order chi connectivity index (χ0) is 12.9. The zero-order valence-electron chi connectivity index (χ0n) is 9.85. The van der Waals surface area contributed by atoms with Gasteiger partial charge in [-0.25, -0.2) is 4.79 Å². The van der Waals surface area contributed by atoms with Crippen LogP contribution in [0.3, 0.4) is 0 Å². The Bertz CT molecular complexity index is 260. The molecule has 0 aromatic carbocycles. The van der Waals surface area contributed by atoms with Gasteiger partial charge < -0.3 is 14.2 Å². The fraction of sp³-hybridized carbons (Fsp3) is 0.500. The van der Waals surface area contributed by atoms with Gasteiger partial charge >= 0.3 is 11.9 Å². The molecule has 0 saturated heterocycles. The Morgan fingerprint density at radius 2 is 1.82 bits per heavy atom. The monoisotopic (exact) mass is 242 g/mol. The van der Waals surface area contributed by atoms with Crippen LogP contribution in [0.5, 0.6) is 0 Å². The number of esters is 2. The van der Waals surface area contributed by atoms with Gasteiger partial charge in [-0.1, -0.05) is 12.7 Å². The molecular formula is C12H18O5. The molecule has 5 nitrogen and oxygen atoms in total. The first-order chi connectivity index (χ1) is 8.20. The molecule has 5 heteroatoms. The van der Waals surface area contributed by atoms with Crippen molar-refractivity contribution < 1.29 is 23.8 Å². The van der Waals surface area contributed by atoms with Crippen LogP contribution in [0.4, 0.5) is 0 Å². The van der Waals surface area contributed by atoms with Crippen LogP contribution in [0.1, 0.15) is 12.8 Å². The summed E-state index contributed by atoms with van der Waals surface area (Å²) in [6.45, 7) is 7.93. The minimum absolute atomic E-state index is 0.187. The summed E-state index contributed by atoms with van der Waals surface area (Å²) in [6.07, 6.45) is 3.35. The molecule has 96 valence electrons. The lowest BCUT2D eigenvalue weighted by molar-refractivity contribution is -0.146. The fourth-order valence-corrected chi connectivity index (χ4v) is 0.901. The average molecular weight is 242 g/mol. The maximum Gasteiger partial charge on any atom is 0.330 e. The van der Waals surface area contributed by atoms with Gasteiger partial charge in [0.05, 0.1) is 19.8 Å². The summed E-state index contributed by atoms with van der Waals surface area (Å²) in [7, 11) is 0. The summed E-state index contributed by atoms with van der Waals surface area (Å²) in [5.74, 6) is -0.821. The molecule has 0 fully saturated rings. The standard InChI is InChI=1S/C12H18O5/c1-3-7-15-9-10-17-12(14)6-5-8-16-11(13)4-2/h3-4H,1-2,5-10H2. The van der Waals surface area contributed by atoms with Crippen molar-refractivity contribution in [1.29, 1.82) is 0 Å². The Labute approximate surface area is 101 Å². The molecule has 0 bridgehead atoms. The van der Waals surface area contributed by atoms with Crippen molar-refractivity contribution in [1.82, 2.24) is 0 Å². The maximum atomic E-state index is 11.1. The predicted octanol–water partition coefficient (Wildman–Crippen LogP) is 1.24. The van der Waals surface area contributed by atoms with Crippen LogP contribution in [-0.2, 0) is 23.8 Å². The Morgan fingerprint density at radius 3 is 2.47 bits per heavy atom. The summed E-state index contributed by atoms with van der Waals surface area (Å²) in [5, 5.41) is 0. The highest BCUT2D eigenvalue weighted by molar-refractivity contribution is 5.81. The maximum absolute atomic E-state index is 11.1. The quantitative estimate of drug-likeness (QED) is 0.250. The highest BCUT2D eigenvalue weighted by atomic mass is 16.6. The second-order valence-corrected chi connectivity index (χ2v) is 3.06. The second-order valence-electron chi connectivity index (χ2n) is 3.06. The largest absolute Gasteiger partial charge is 0.463 e. The van der Waals surface area contributed by atoms with Crippen molar-refractivity contribution in [2.45, 2.75) is 12.8 Å². The minimum Gasteiger partial charge on any atom is -0.463 e. The highest BCUT2D eigenvalue weighted by Crippen LogP contribution is 1.94. The summed E-state index contributed by atoms with van der Waals surface area (Å²) >= 11 is 0. The Hall–Kier alpha value is -1.62. The molecule has 0 N–H and O–H groups in total. The van der Waals surface area contributed by atoms with Gasteiger partial charge in [0, 0.05) is 12.5 Å². The van der Waals surface area contributed by atoms with Gasteiger partial charge in [-0.15, -0.1) is 6.58 Å². The van der Waals surface area contributed by atoms with E-state index in [1.165, 1.54) is 0 Å². The van der Waals surface area contributed by atoms with E-state index in [1.54, 1.807) is 6.08 Å². The van der Waals surface area contributed by atoms with E-state index in [4.69, 9.17) is 14.2 Å². The summed E-state index contributed by atoms with van der Waals surface area (Å²) in [5.41, 5.74) is 0. The van der Waals surface area contributed by atoms with Gasteiger partial charge in [-0.2, -0.15) is 0 Å². The van der Waals surface area contributed by atoms with Gasteiger partial charge in [0.1, 0.15) is 6.61 Å². The van der Waals surface area contributed by atoms with Crippen LogP contribution >= 0.6 is 0 Å². The minimum atomic E-state index is -0.490. The van der Waals surface area contributed by atoms with Crippen molar-refractivity contribution in [2.24, 2.45) is 0 Å². The molecule has 0 radical (unpaired) electrons. The van der Waals surface area contributed by atoms with Crippen LogP contribution in [0.2, 0.25) is 0 Å². The van der Waals surface area contributed by atoms with Crippen molar-refractivity contribution in [3.8, 4) is 0 Å². The molecule has 0 amide bonds. The lowest BCUT2D eigenvalue weighted by Gasteiger charge is -2.05. The van der Waals surface area contributed by atoms with Crippen LogP contribution in [-0.4, -0.2) is 38.4 Å². The third kappa shape index (κ3) is 10.7. The van der Waals surface area contributed by atoms with Gasteiger partial charge in [0.25, 0.3) is 0 Å². The molecule has 0 saturated carbocycles. The van der Waals surface area contributed by atoms with E-state index < -0.39 is 5.97 Å². The summed E-state index contributed by atoms with van der Waals surface area (Å²) < 4.78 is 14.6. The van der Waals surface area contributed by atoms with Gasteiger partial charge in [0.15, 0.2) is 0 Å². The van der Waals surface area contributed by atoms with E-state index in [-0.39, 0.29) is 25.6 Å². The fourth-order valence-electron chi connectivity index (χ4n) is 0.901. The molecule has 0 aromatic rings. The van der Waals surface area contributed by atoms with Crippen LogP contribution in [0, 0.1) is 0 Å². The number of carbonyl (C=O) groups excluding carboxylic acids is 2. The Balaban J connectivity index is 3.31. The molecular weight excluding hydrogens is 224 g/mol. The molecule has 0 heterocycles. The van der Waals surface area contributed by atoms with E-state index in [9.17, 15) is 9.59 Å². The van der Waals surface area contributed by atoms with Crippen molar-refractivity contribution in [3.05, 3.63) is 25.3 Å². The highest BCUT2D eigenvalue weighted by Gasteiger charge is 2.03. The van der Waals surface area contributed by atoms with Crippen molar-refractivity contribution in [3.63, 3.8) is 0 Å².